The van der Waals surface area contributed by atoms with Crippen LogP contribution in [0.2, 0.25) is 0 Å². The summed E-state index contributed by atoms with van der Waals surface area (Å²) in [4.78, 5) is 2.63. The molecule has 1 saturated heterocycles. The Kier molecular flexibility index (Phi) is 3.81. The fourth-order valence-electron chi connectivity index (χ4n) is 2.40. The molecular formula is C13H21N. The van der Waals surface area contributed by atoms with Crippen LogP contribution in [-0.4, -0.2) is 24.5 Å². The van der Waals surface area contributed by atoms with Gasteiger partial charge in [-0.3, -0.25) is 0 Å². The molecule has 78 valence electrons. The van der Waals surface area contributed by atoms with E-state index in [0.29, 0.717) is 0 Å². The highest BCUT2D eigenvalue weighted by atomic mass is 15.1. The van der Waals surface area contributed by atoms with E-state index >= 15 is 0 Å². The Morgan fingerprint density at radius 3 is 2.43 bits per heavy atom. The molecule has 2 rings (SSSR count). The van der Waals surface area contributed by atoms with Gasteiger partial charge in [0, 0.05) is 0 Å². The van der Waals surface area contributed by atoms with E-state index in [0.717, 1.165) is 5.92 Å². The Morgan fingerprint density at radius 1 is 1.00 bits per heavy atom. The first-order valence-electron chi connectivity index (χ1n) is 6.02. The summed E-state index contributed by atoms with van der Waals surface area (Å²) in [6.07, 6.45) is 16.0. The Morgan fingerprint density at radius 2 is 1.71 bits per heavy atom. The van der Waals surface area contributed by atoms with Crippen molar-refractivity contribution in [2.45, 2.75) is 32.1 Å². The average Bonchev–Trinajstić information content (AvgIpc) is 2.72. The topological polar surface area (TPSA) is 3.24 Å². The maximum absolute atomic E-state index is 2.63. The van der Waals surface area contributed by atoms with Gasteiger partial charge in [-0.05, 0) is 51.2 Å². The normalized spacial score (nSPS) is 23.4. The molecule has 0 aromatic rings. The summed E-state index contributed by atoms with van der Waals surface area (Å²) in [5.74, 6) is 0.736. The fraction of sp³-hybridized carbons (Fsp3) is 0.692. The second kappa shape index (κ2) is 5.35. The maximum atomic E-state index is 2.63. The number of rotatable bonds is 4. The number of likely N-dealkylation sites (tertiary alicyclic amines) is 1. The molecule has 0 saturated carbocycles. The van der Waals surface area contributed by atoms with Gasteiger partial charge >= 0.3 is 0 Å². The van der Waals surface area contributed by atoms with Crippen molar-refractivity contribution < 1.29 is 0 Å². The van der Waals surface area contributed by atoms with E-state index < -0.39 is 0 Å². The lowest BCUT2D eigenvalue weighted by Crippen LogP contribution is -2.30. The molecule has 1 aliphatic heterocycles. The van der Waals surface area contributed by atoms with Crippen LogP contribution in [0.25, 0.3) is 0 Å². The van der Waals surface area contributed by atoms with Crippen molar-refractivity contribution in [1.82, 2.24) is 4.90 Å². The smallest absolute Gasteiger partial charge is 0.00184 e. The third kappa shape index (κ3) is 2.98. The Balaban J connectivity index is 1.57. The summed E-state index contributed by atoms with van der Waals surface area (Å²) in [6, 6.07) is 0. The van der Waals surface area contributed by atoms with Crippen LogP contribution in [0, 0.1) is 5.92 Å². The lowest BCUT2D eigenvalue weighted by molar-refractivity contribution is 0.223. The monoisotopic (exact) mass is 191 g/mol. The van der Waals surface area contributed by atoms with Crippen molar-refractivity contribution in [3.8, 4) is 0 Å². The molecule has 14 heavy (non-hydrogen) atoms. The number of piperidine rings is 1. The highest BCUT2D eigenvalue weighted by Gasteiger charge is 2.10. The maximum Gasteiger partial charge on any atom is -0.00184 e. The summed E-state index contributed by atoms with van der Waals surface area (Å²) in [5.41, 5.74) is 0. The molecule has 0 N–H and O–H groups in total. The minimum Gasteiger partial charge on any atom is -0.303 e. The van der Waals surface area contributed by atoms with Crippen molar-refractivity contribution in [3.05, 3.63) is 24.3 Å². The SMILES string of the molecule is C1=CC(CCCN2CCCCC2)C=C1. The molecule has 1 heterocycles. The van der Waals surface area contributed by atoms with E-state index in [9.17, 15) is 0 Å². The van der Waals surface area contributed by atoms with Crippen molar-refractivity contribution in [2.75, 3.05) is 19.6 Å². The summed E-state index contributed by atoms with van der Waals surface area (Å²) in [7, 11) is 0. The molecule has 2 aliphatic rings. The van der Waals surface area contributed by atoms with E-state index in [-0.39, 0.29) is 0 Å². The molecule has 0 amide bonds. The Hall–Kier alpha value is -0.560. The largest absolute Gasteiger partial charge is 0.303 e. The molecular weight excluding hydrogens is 170 g/mol. The molecule has 1 fully saturated rings. The quantitative estimate of drug-likeness (QED) is 0.660. The van der Waals surface area contributed by atoms with Crippen LogP contribution < -0.4 is 0 Å². The van der Waals surface area contributed by atoms with Crippen LogP contribution in [0.15, 0.2) is 24.3 Å². The van der Waals surface area contributed by atoms with Gasteiger partial charge in [-0.2, -0.15) is 0 Å². The summed E-state index contributed by atoms with van der Waals surface area (Å²) in [5, 5.41) is 0. The van der Waals surface area contributed by atoms with Gasteiger partial charge < -0.3 is 4.90 Å². The molecule has 0 spiro atoms. The third-order valence-corrected chi connectivity index (χ3v) is 3.29. The minimum atomic E-state index is 0.736. The van der Waals surface area contributed by atoms with Gasteiger partial charge in [0.05, 0.1) is 0 Å². The zero-order valence-corrected chi connectivity index (χ0v) is 8.99. The Bertz CT molecular complexity index is 199. The van der Waals surface area contributed by atoms with Crippen LogP contribution in [0.5, 0.6) is 0 Å². The predicted molar refractivity (Wildman–Crippen MR) is 61.3 cm³/mol. The second-order valence-electron chi connectivity index (χ2n) is 4.48. The Labute approximate surface area is 87.5 Å². The fourth-order valence-corrected chi connectivity index (χ4v) is 2.40. The molecule has 1 nitrogen and oxygen atoms in total. The predicted octanol–water partition coefficient (Wildman–Crippen LogP) is 2.99. The van der Waals surface area contributed by atoms with Crippen LogP contribution >= 0.6 is 0 Å². The van der Waals surface area contributed by atoms with Gasteiger partial charge in [-0.1, -0.05) is 30.7 Å². The molecule has 0 aromatic heterocycles. The van der Waals surface area contributed by atoms with Gasteiger partial charge in [-0.15, -0.1) is 0 Å². The van der Waals surface area contributed by atoms with Crippen LogP contribution in [0.1, 0.15) is 32.1 Å². The van der Waals surface area contributed by atoms with Crippen LogP contribution in [0.3, 0.4) is 0 Å². The summed E-state index contributed by atoms with van der Waals surface area (Å²) >= 11 is 0. The highest BCUT2D eigenvalue weighted by molar-refractivity contribution is 5.17. The zero-order chi connectivity index (χ0) is 9.64. The van der Waals surface area contributed by atoms with E-state index in [1.165, 1.54) is 51.7 Å². The van der Waals surface area contributed by atoms with Crippen molar-refractivity contribution in [3.63, 3.8) is 0 Å². The number of hydrogen-bond acceptors (Lipinski definition) is 1. The number of hydrogen-bond donors (Lipinski definition) is 0. The number of nitrogens with zero attached hydrogens (tertiary/aromatic N) is 1. The second-order valence-corrected chi connectivity index (χ2v) is 4.48. The van der Waals surface area contributed by atoms with Gasteiger partial charge in [-0.25, -0.2) is 0 Å². The minimum absolute atomic E-state index is 0.736. The summed E-state index contributed by atoms with van der Waals surface area (Å²) in [6.45, 7) is 4.00. The molecule has 0 aromatic carbocycles. The van der Waals surface area contributed by atoms with Crippen molar-refractivity contribution >= 4 is 0 Å². The summed E-state index contributed by atoms with van der Waals surface area (Å²) < 4.78 is 0. The molecule has 0 bridgehead atoms. The number of allylic oxidation sites excluding steroid dienone is 4. The van der Waals surface area contributed by atoms with E-state index in [1.54, 1.807) is 0 Å². The first-order valence-corrected chi connectivity index (χ1v) is 6.02. The van der Waals surface area contributed by atoms with E-state index in [1.807, 2.05) is 0 Å². The van der Waals surface area contributed by atoms with Crippen molar-refractivity contribution in [1.29, 1.82) is 0 Å². The molecule has 0 unspecified atom stereocenters. The van der Waals surface area contributed by atoms with Crippen LogP contribution in [-0.2, 0) is 0 Å². The van der Waals surface area contributed by atoms with Gasteiger partial charge in [0.1, 0.15) is 0 Å². The third-order valence-electron chi connectivity index (χ3n) is 3.29. The molecule has 0 radical (unpaired) electrons. The molecule has 0 atom stereocenters. The highest BCUT2D eigenvalue weighted by Crippen LogP contribution is 2.16. The van der Waals surface area contributed by atoms with Crippen molar-refractivity contribution in [2.24, 2.45) is 5.92 Å². The first-order chi connectivity index (χ1) is 6.95. The molecule has 1 aliphatic carbocycles. The average molecular weight is 191 g/mol. The standard InChI is InChI=1S/C13H21N/c1-4-10-14(11-5-1)12-6-9-13-7-2-3-8-13/h2-3,7-8,13H,1,4-6,9-12H2. The van der Waals surface area contributed by atoms with Gasteiger partial charge in [0.2, 0.25) is 0 Å². The first kappa shape index (κ1) is 9.97. The zero-order valence-electron chi connectivity index (χ0n) is 8.99. The van der Waals surface area contributed by atoms with E-state index in [2.05, 4.69) is 29.2 Å². The van der Waals surface area contributed by atoms with Gasteiger partial charge in [0.15, 0.2) is 0 Å². The van der Waals surface area contributed by atoms with Gasteiger partial charge in [0.25, 0.3) is 0 Å². The lowest BCUT2D eigenvalue weighted by atomic mass is 10.0. The van der Waals surface area contributed by atoms with E-state index in [4.69, 9.17) is 0 Å². The lowest BCUT2D eigenvalue weighted by Gasteiger charge is -2.26. The molecule has 1 heteroatoms. The van der Waals surface area contributed by atoms with Crippen LogP contribution in [0.4, 0.5) is 0 Å².